The summed E-state index contributed by atoms with van der Waals surface area (Å²) in [6.07, 6.45) is 0.541. The molecular formula is C17H25N3O2. The zero-order valence-corrected chi connectivity index (χ0v) is 13.7. The molecule has 22 heavy (non-hydrogen) atoms. The predicted molar refractivity (Wildman–Crippen MR) is 86.8 cm³/mol. The van der Waals surface area contributed by atoms with Crippen molar-refractivity contribution >= 4 is 11.8 Å². The Morgan fingerprint density at radius 3 is 2.09 bits per heavy atom. The molecule has 0 atom stereocenters. The predicted octanol–water partition coefficient (Wildman–Crippen LogP) is 1.23. The lowest BCUT2D eigenvalue weighted by Gasteiger charge is -2.35. The zero-order chi connectivity index (χ0) is 16.1. The fourth-order valence-electron chi connectivity index (χ4n) is 2.52. The number of benzene rings is 1. The molecule has 1 aromatic rings. The van der Waals surface area contributed by atoms with E-state index in [4.69, 9.17) is 0 Å². The standard InChI is InChI=1S/C17H25N3O2/c1-14-4-6-15(7-5-14)17(22)20-12-10-19(11-13-20)16(21)8-9-18(2)3/h4-7H,8-13H2,1-3H3. The van der Waals surface area contributed by atoms with E-state index >= 15 is 0 Å². The van der Waals surface area contributed by atoms with Crippen LogP contribution in [0.1, 0.15) is 22.3 Å². The molecule has 1 saturated heterocycles. The molecule has 1 heterocycles. The first-order chi connectivity index (χ1) is 10.5. The number of piperazine rings is 1. The third-order valence-electron chi connectivity index (χ3n) is 3.99. The fourth-order valence-corrected chi connectivity index (χ4v) is 2.52. The summed E-state index contributed by atoms with van der Waals surface area (Å²) in [4.78, 5) is 30.2. The van der Waals surface area contributed by atoms with Crippen molar-refractivity contribution in [3.63, 3.8) is 0 Å². The lowest BCUT2D eigenvalue weighted by molar-refractivity contribution is -0.132. The van der Waals surface area contributed by atoms with E-state index in [2.05, 4.69) is 0 Å². The van der Waals surface area contributed by atoms with E-state index in [1.54, 1.807) is 0 Å². The summed E-state index contributed by atoms with van der Waals surface area (Å²) in [7, 11) is 3.93. The molecule has 1 aromatic carbocycles. The Kier molecular flexibility index (Phi) is 5.55. The summed E-state index contributed by atoms with van der Waals surface area (Å²) in [5, 5.41) is 0. The number of aryl methyl sites for hydroxylation is 1. The van der Waals surface area contributed by atoms with E-state index in [0.29, 0.717) is 32.6 Å². The highest BCUT2D eigenvalue weighted by molar-refractivity contribution is 5.94. The Balaban J connectivity index is 1.85. The molecule has 2 amide bonds. The number of carbonyl (C=O) groups excluding carboxylic acids is 2. The van der Waals surface area contributed by atoms with Crippen LogP contribution in [0.2, 0.25) is 0 Å². The van der Waals surface area contributed by atoms with Crippen molar-refractivity contribution in [3.05, 3.63) is 35.4 Å². The van der Waals surface area contributed by atoms with E-state index in [1.165, 1.54) is 0 Å². The number of hydrogen-bond acceptors (Lipinski definition) is 3. The molecule has 1 aliphatic rings. The molecule has 0 saturated carbocycles. The average molecular weight is 303 g/mol. The molecule has 0 bridgehead atoms. The van der Waals surface area contributed by atoms with Crippen LogP contribution in [-0.2, 0) is 4.79 Å². The summed E-state index contributed by atoms with van der Waals surface area (Å²) in [5.74, 6) is 0.233. The van der Waals surface area contributed by atoms with Crippen LogP contribution in [0.4, 0.5) is 0 Å². The molecular weight excluding hydrogens is 278 g/mol. The normalized spacial score (nSPS) is 15.3. The fraction of sp³-hybridized carbons (Fsp3) is 0.529. The van der Waals surface area contributed by atoms with Crippen molar-refractivity contribution in [3.8, 4) is 0 Å². The molecule has 2 rings (SSSR count). The first-order valence-electron chi connectivity index (χ1n) is 7.76. The second-order valence-electron chi connectivity index (χ2n) is 6.09. The minimum atomic E-state index is 0.0559. The minimum absolute atomic E-state index is 0.0559. The van der Waals surface area contributed by atoms with Gasteiger partial charge in [0.2, 0.25) is 5.91 Å². The van der Waals surface area contributed by atoms with Crippen molar-refractivity contribution in [1.29, 1.82) is 0 Å². The van der Waals surface area contributed by atoms with Gasteiger partial charge >= 0.3 is 0 Å². The van der Waals surface area contributed by atoms with Crippen LogP contribution in [0.3, 0.4) is 0 Å². The van der Waals surface area contributed by atoms with Gasteiger partial charge in [0.1, 0.15) is 0 Å². The number of nitrogens with zero attached hydrogens (tertiary/aromatic N) is 3. The molecule has 0 aromatic heterocycles. The smallest absolute Gasteiger partial charge is 0.253 e. The SMILES string of the molecule is Cc1ccc(C(=O)N2CCN(C(=O)CCN(C)C)CC2)cc1. The van der Waals surface area contributed by atoms with Gasteiger partial charge in [0.05, 0.1) is 0 Å². The molecule has 5 nitrogen and oxygen atoms in total. The van der Waals surface area contributed by atoms with E-state index in [1.807, 2.05) is 60.0 Å². The van der Waals surface area contributed by atoms with Gasteiger partial charge in [-0.15, -0.1) is 0 Å². The number of rotatable bonds is 4. The van der Waals surface area contributed by atoms with Gasteiger partial charge in [-0.1, -0.05) is 17.7 Å². The molecule has 0 radical (unpaired) electrons. The summed E-state index contributed by atoms with van der Waals surface area (Å²) in [5.41, 5.74) is 1.87. The molecule has 1 aliphatic heterocycles. The molecule has 0 aliphatic carbocycles. The van der Waals surface area contributed by atoms with Gasteiger partial charge in [-0.05, 0) is 33.2 Å². The van der Waals surface area contributed by atoms with Gasteiger partial charge in [0.15, 0.2) is 0 Å². The maximum atomic E-state index is 12.4. The Morgan fingerprint density at radius 2 is 1.55 bits per heavy atom. The van der Waals surface area contributed by atoms with E-state index in [9.17, 15) is 9.59 Å². The first-order valence-corrected chi connectivity index (χ1v) is 7.76. The van der Waals surface area contributed by atoms with Crippen LogP contribution in [0.25, 0.3) is 0 Å². The summed E-state index contributed by atoms with van der Waals surface area (Å²) >= 11 is 0. The molecule has 0 N–H and O–H groups in total. The summed E-state index contributed by atoms with van der Waals surface area (Å²) in [6.45, 7) is 5.25. The maximum absolute atomic E-state index is 12.4. The molecule has 1 fully saturated rings. The Hall–Kier alpha value is -1.88. The maximum Gasteiger partial charge on any atom is 0.253 e. The summed E-state index contributed by atoms with van der Waals surface area (Å²) in [6, 6.07) is 7.64. The molecule has 0 unspecified atom stereocenters. The van der Waals surface area contributed by atoms with Crippen LogP contribution in [0, 0.1) is 6.92 Å². The van der Waals surface area contributed by atoms with Gasteiger partial charge in [-0.3, -0.25) is 9.59 Å². The van der Waals surface area contributed by atoms with Crippen molar-refractivity contribution in [1.82, 2.24) is 14.7 Å². The average Bonchev–Trinajstić information content (AvgIpc) is 2.53. The Bertz CT molecular complexity index is 517. The second kappa shape index (κ2) is 7.40. The van der Waals surface area contributed by atoms with Gasteiger partial charge in [0, 0.05) is 44.7 Å². The van der Waals surface area contributed by atoms with Crippen molar-refractivity contribution < 1.29 is 9.59 Å². The second-order valence-corrected chi connectivity index (χ2v) is 6.09. The highest BCUT2D eigenvalue weighted by atomic mass is 16.2. The molecule has 120 valence electrons. The third-order valence-corrected chi connectivity index (χ3v) is 3.99. The highest BCUT2D eigenvalue weighted by Gasteiger charge is 2.24. The van der Waals surface area contributed by atoms with Crippen LogP contribution in [-0.4, -0.2) is 73.3 Å². The Morgan fingerprint density at radius 1 is 1.00 bits per heavy atom. The van der Waals surface area contributed by atoms with Gasteiger partial charge in [-0.2, -0.15) is 0 Å². The number of carbonyl (C=O) groups is 2. The molecule has 5 heteroatoms. The lowest BCUT2D eigenvalue weighted by Crippen LogP contribution is -2.50. The van der Waals surface area contributed by atoms with Crippen molar-refractivity contribution in [2.24, 2.45) is 0 Å². The zero-order valence-electron chi connectivity index (χ0n) is 13.7. The van der Waals surface area contributed by atoms with Crippen molar-refractivity contribution in [2.45, 2.75) is 13.3 Å². The third kappa shape index (κ3) is 4.31. The van der Waals surface area contributed by atoms with E-state index < -0.39 is 0 Å². The van der Waals surface area contributed by atoms with Crippen LogP contribution < -0.4 is 0 Å². The largest absolute Gasteiger partial charge is 0.339 e. The van der Waals surface area contributed by atoms with Crippen LogP contribution in [0.15, 0.2) is 24.3 Å². The molecule has 0 spiro atoms. The van der Waals surface area contributed by atoms with Gasteiger partial charge in [0.25, 0.3) is 5.91 Å². The van der Waals surface area contributed by atoms with Gasteiger partial charge < -0.3 is 14.7 Å². The highest BCUT2D eigenvalue weighted by Crippen LogP contribution is 2.11. The lowest BCUT2D eigenvalue weighted by atomic mass is 10.1. The first kappa shape index (κ1) is 16.5. The van der Waals surface area contributed by atoms with E-state index in [0.717, 1.165) is 17.7 Å². The van der Waals surface area contributed by atoms with Crippen LogP contribution in [0.5, 0.6) is 0 Å². The monoisotopic (exact) mass is 303 g/mol. The topological polar surface area (TPSA) is 43.9 Å². The van der Waals surface area contributed by atoms with E-state index in [-0.39, 0.29) is 11.8 Å². The number of amides is 2. The Labute approximate surface area is 132 Å². The summed E-state index contributed by atoms with van der Waals surface area (Å²) < 4.78 is 0. The van der Waals surface area contributed by atoms with Crippen LogP contribution >= 0.6 is 0 Å². The van der Waals surface area contributed by atoms with Gasteiger partial charge in [-0.25, -0.2) is 0 Å². The van der Waals surface area contributed by atoms with Crippen molar-refractivity contribution in [2.75, 3.05) is 46.8 Å². The number of hydrogen-bond donors (Lipinski definition) is 0. The quantitative estimate of drug-likeness (QED) is 0.840. The minimum Gasteiger partial charge on any atom is -0.339 e.